The maximum absolute atomic E-state index is 14.8. The van der Waals surface area contributed by atoms with Gasteiger partial charge in [0.2, 0.25) is 0 Å². The van der Waals surface area contributed by atoms with E-state index in [9.17, 15) is 9.18 Å². The second-order valence-electron chi connectivity index (χ2n) is 7.40. The van der Waals surface area contributed by atoms with Gasteiger partial charge in [0.15, 0.2) is 0 Å². The predicted molar refractivity (Wildman–Crippen MR) is 116 cm³/mol. The highest BCUT2D eigenvalue weighted by Crippen LogP contribution is 2.23. The number of nitrogens with two attached hydrogens (primary N) is 1. The number of nitrogens with zero attached hydrogens (tertiary/aromatic N) is 3. The van der Waals surface area contributed by atoms with Gasteiger partial charge in [0.1, 0.15) is 5.82 Å². The lowest BCUT2D eigenvalue weighted by Crippen LogP contribution is -2.46. The van der Waals surface area contributed by atoms with Crippen LogP contribution in [0.25, 0.3) is 0 Å². The third kappa shape index (κ3) is 5.55. The Morgan fingerprint density at radius 1 is 1.07 bits per heavy atom. The Morgan fingerprint density at radius 2 is 1.79 bits per heavy atom. The van der Waals surface area contributed by atoms with Crippen molar-refractivity contribution in [2.45, 2.75) is 13.3 Å². The van der Waals surface area contributed by atoms with Gasteiger partial charge in [0, 0.05) is 51.4 Å². The topological polar surface area (TPSA) is 52.8 Å². The second kappa shape index (κ2) is 10.4. The number of rotatable bonds is 8. The number of likely N-dealkylation sites (N-methyl/N-ethyl adjacent to an activating group) is 1. The second-order valence-corrected chi connectivity index (χ2v) is 7.40. The first kappa shape index (κ1) is 21.3. The van der Waals surface area contributed by atoms with Gasteiger partial charge in [-0.1, -0.05) is 37.3 Å². The van der Waals surface area contributed by atoms with E-state index < -0.39 is 0 Å². The standard InChI is InChI=1S/C23H31FN4O/c1-2-26-14-16-27(17-15-26)22-9-8-20(18-21(22)24)23(29)28(13-11-25)12-10-19-6-4-3-5-7-19/h3-9,18H,2,10-17,25H2,1H3. The summed E-state index contributed by atoms with van der Waals surface area (Å²) in [5.41, 5.74) is 7.82. The van der Waals surface area contributed by atoms with Crippen molar-refractivity contribution in [1.29, 1.82) is 0 Å². The third-order valence-electron chi connectivity index (χ3n) is 5.55. The van der Waals surface area contributed by atoms with E-state index >= 15 is 0 Å². The van der Waals surface area contributed by atoms with Crippen LogP contribution in [0.3, 0.4) is 0 Å². The summed E-state index contributed by atoms with van der Waals surface area (Å²) in [5, 5.41) is 0. The lowest BCUT2D eigenvalue weighted by Gasteiger charge is -2.35. The zero-order chi connectivity index (χ0) is 20.6. The molecule has 2 N–H and O–H groups in total. The molecule has 0 spiro atoms. The van der Waals surface area contributed by atoms with Crippen LogP contribution >= 0.6 is 0 Å². The number of halogens is 1. The Kier molecular flexibility index (Phi) is 7.61. The molecule has 1 amide bonds. The van der Waals surface area contributed by atoms with Gasteiger partial charge in [0.25, 0.3) is 5.91 Å². The average molecular weight is 399 g/mol. The van der Waals surface area contributed by atoms with E-state index in [0.29, 0.717) is 30.9 Å². The Hall–Kier alpha value is -2.44. The maximum Gasteiger partial charge on any atom is 0.254 e. The maximum atomic E-state index is 14.8. The van der Waals surface area contributed by atoms with E-state index in [-0.39, 0.29) is 11.7 Å². The Bertz CT molecular complexity index is 791. The van der Waals surface area contributed by atoms with E-state index in [1.54, 1.807) is 17.0 Å². The van der Waals surface area contributed by atoms with Crippen molar-refractivity contribution in [2.75, 3.05) is 57.3 Å². The van der Waals surface area contributed by atoms with Crippen LogP contribution in [-0.2, 0) is 6.42 Å². The number of hydrogen-bond acceptors (Lipinski definition) is 4. The van der Waals surface area contributed by atoms with Gasteiger partial charge in [-0.05, 0) is 36.7 Å². The normalized spacial score (nSPS) is 14.8. The van der Waals surface area contributed by atoms with Crippen molar-refractivity contribution < 1.29 is 9.18 Å². The molecule has 2 aromatic carbocycles. The summed E-state index contributed by atoms with van der Waals surface area (Å²) in [7, 11) is 0. The average Bonchev–Trinajstić information content (AvgIpc) is 2.77. The molecule has 1 aliphatic heterocycles. The van der Waals surface area contributed by atoms with Crippen LogP contribution in [0.1, 0.15) is 22.8 Å². The van der Waals surface area contributed by atoms with Crippen LogP contribution in [0.2, 0.25) is 0 Å². The van der Waals surface area contributed by atoms with Gasteiger partial charge in [-0.25, -0.2) is 4.39 Å². The molecule has 0 aromatic heterocycles. The molecule has 0 unspecified atom stereocenters. The first-order valence-corrected chi connectivity index (χ1v) is 10.4. The Labute approximate surface area is 172 Å². The number of amides is 1. The summed E-state index contributed by atoms with van der Waals surface area (Å²) < 4.78 is 14.8. The van der Waals surface area contributed by atoms with Crippen molar-refractivity contribution in [3.63, 3.8) is 0 Å². The molecule has 0 saturated carbocycles. The first-order valence-electron chi connectivity index (χ1n) is 10.4. The van der Waals surface area contributed by atoms with Crippen LogP contribution in [0.5, 0.6) is 0 Å². The molecule has 6 heteroatoms. The smallest absolute Gasteiger partial charge is 0.254 e. The molecule has 0 aliphatic carbocycles. The summed E-state index contributed by atoms with van der Waals surface area (Å²) in [6, 6.07) is 14.9. The molecule has 1 fully saturated rings. The zero-order valence-electron chi connectivity index (χ0n) is 17.2. The highest BCUT2D eigenvalue weighted by Gasteiger charge is 2.21. The van der Waals surface area contributed by atoms with Gasteiger partial charge in [-0.15, -0.1) is 0 Å². The number of benzene rings is 2. The minimum Gasteiger partial charge on any atom is -0.367 e. The summed E-state index contributed by atoms with van der Waals surface area (Å²) in [5.74, 6) is -0.510. The SMILES string of the molecule is CCN1CCN(c2ccc(C(=O)N(CCN)CCc3ccccc3)cc2F)CC1. The van der Waals surface area contributed by atoms with E-state index in [2.05, 4.69) is 16.7 Å². The van der Waals surface area contributed by atoms with Crippen LogP contribution in [-0.4, -0.2) is 68.1 Å². The zero-order valence-corrected chi connectivity index (χ0v) is 17.2. The first-order chi connectivity index (χ1) is 14.1. The number of piperazine rings is 1. The fourth-order valence-corrected chi connectivity index (χ4v) is 3.76. The number of hydrogen-bond donors (Lipinski definition) is 1. The van der Waals surface area contributed by atoms with Gasteiger partial charge < -0.3 is 20.4 Å². The molecule has 1 saturated heterocycles. The Balaban J connectivity index is 1.67. The van der Waals surface area contributed by atoms with Gasteiger partial charge in [-0.2, -0.15) is 0 Å². The van der Waals surface area contributed by atoms with Crippen LogP contribution < -0.4 is 10.6 Å². The van der Waals surface area contributed by atoms with E-state index in [1.165, 1.54) is 6.07 Å². The van der Waals surface area contributed by atoms with E-state index in [0.717, 1.165) is 44.7 Å². The molecule has 3 rings (SSSR count). The third-order valence-corrected chi connectivity index (χ3v) is 5.55. The highest BCUT2D eigenvalue weighted by atomic mass is 19.1. The molecule has 0 atom stereocenters. The molecule has 29 heavy (non-hydrogen) atoms. The minimum atomic E-state index is -0.337. The summed E-state index contributed by atoms with van der Waals surface area (Å²) in [4.78, 5) is 19.1. The molecule has 1 heterocycles. The lowest BCUT2D eigenvalue weighted by molar-refractivity contribution is 0.0761. The monoisotopic (exact) mass is 398 g/mol. The van der Waals surface area contributed by atoms with Crippen LogP contribution in [0.4, 0.5) is 10.1 Å². The molecule has 5 nitrogen and oxygen atoms in total. The minimum absolute atomic E-state index is 0.173. The summed E-state index contributed by atoms with van der Waals surface area (Å²) in [6.45, 7) is 8.01. The molecule has 156 valence electrons. The van der Waals surface area contributed by atoms with Crippen molar-refractivity contribution in [1.82, 2.24) is 9.80 Å². The molecular formula is C23H31FN4O. The van der Waals surface area contributed by atoms with Crippen LogP contribution in [0.15, 0.2) is 48.5 Å². The van der Waals surface area contributed by atoms with E-state index in [4.69, 9.17) is 5.73 Å². The van der Waals surface area contributed by atoms with Gasteiger partial charge in [-0.3, -0.25) is 4.79 Å². The predicted octanol–water partition coefficient (Wildman–Crippen LogP) is 2.61. The quantitative estimate of drug-likeness (QED) is 0.743. The van der Waals surface area contributed by atoms with Crippen molar-refractivity contribution in [3.05, 3.63) is 65.5 Å². The summed E-state index contributed by atoms with van der Waals surface area (Å²) >= 11 is 0. The molecule has 1 aliphatic rings. The molecule has 0 bridgehead atoms. The largest absolute Gasteiger partial charge is 0.367 e. The summed E-state index contributed by atoms with van der Waals surface area (Å²) in [6.07, 6.45) is 0.745. The van der Waals surface area contributed by atoms with Crippen LogP contribution in [0, 0.1) is 5.82 Å². The number of carbonyl (C=O) groups excluding carboxylic acids is 1. The van der Waals surface area contributed by atoms with Gasteiger partial charge >= 0.3 is 0 Å². The van der Waals surface area contributed by atoms with E-state index in [1.807, 2.05) is 30.3 Å². The fourth-order valence-electron chi connectivity index (χ4n) is 3.76. The fraction of sp³-hybridized carbons (Fsp3) is 0.435. The highest BCUT2D eigenvalue weighted by molar-refractivity contribution is 5.94. The lowest BCUT2D eigenvalue weighted by atomic mass is 10.1. The van der Waals surface area contributed by atoms with Crippen molar-refractivity contribution >= 4 is 11.6 Å². The number of carbonyl (C=O) groups is 1. The Morgan fingerprint density at radius 3 is 2.41 bits per heavy atom. The van der Waals surface area contributed by atoms with Crippen molar-refractivity contribution in [2.24, 2.45) is 5.73 Å². The molecular weight excluding hydrogens is 367 g/mol. The molecule has 2 aromatic rings. The number of anilines is 1. The molecule has 0 radical (unpaired) electrons. The van der Waals surface area contributed by atoms with Gasteiger partial charge in [0.05, 0.1) is 5.69 Å². The van der Waals surface area contributed by atoms with Crippen molar-refractivity contribution in [3.8, 4) is 0 Å².